The van der Waals surface area contributed by atoms with Crippen LogP contribution in [0.2, 0.25) is 0 Å². The molecule has 1 N–H and O–H groups in total. The first-order valence-corrected chi connectivity index (χ1v) is 7.37. The minimum absolute atomic E-state index is 0.143. The number of halogens is 1. The number of aryl methyl sites for hydroxylation is 1. The highest BCUT2D eigenvalue weighted by Gasteiger charge is 2.61. The van der Waals surface area contributed by atoms with Crippen molar-refractivity contribution in [3.8, 4) is 0 Å². The lowest BCUT2D eigenvalue weighted by atomic mass is 9.69. The Morgan fingerprint density at radius 1 is 1.21 bits per heavy atom. The van der Waals surface area contributed by atoms with Crippen molar-refractivity contribution in [3.05, 3.63) is 29.6 Å². The maximum absolute atomic E-state index is 13.5. The minimum Gasteiger partial charge on any atom is -0.382 e. The van der Waals surface area contributed by atoms with Gasteiger partial charge in [0.15, 0.2) is 0 Å². The molecule has 19 heavy (non-hydrogen) atoms. The predicted molar refractivity (Wildman–Crippen MR) is 77.8 cm³/mol. The van der Waals surface area contributed by atoms with Crippen LogP contribution >= 0.6 is 0 Å². The number of benzene rings is 1. The summed E-state index contributed by atoms with van der Waals surface area (Å²) in [7, 11) is 0. The number of hydrogen-bond donors (Lipinski definition) is 1. The van der Waals surface area contributed by atoms with Crippen LogP contribution in [0.15, 0.2) is 18.2 Å². The lowest BCUT2D eigenvalue weighted by molar-refractivity contribution is 0.142. The maximum Gasteiger partial charge on any atom is 0.125 e. The average molecular weight is 261 g/mol. The van der Waals surface area contributed by atoms with Crippen molar-refractivity contribution in [3.63, 3.8) is 0 Å². The highest BCUT2D eigenvalue weighted by Crippen LogP contribution is 2.65. The number of hydrogen-bond acceptors (Lipinski definition) is 1. The predicted octanol–water partition coefficient (Wildman–Crippen LogP) is 4.76. The van der Waals surface area contributed by atoms with Gasteiger partial charge >= 0.3 is 0 Å². The number of nitrogens with one attached hydrogen (secondary N) is 1. The van der Waals surface area contributed by atoms with E-state index in [4.69, 9.17) is 0 Å². The molecule has 2 aliphatic rings. The molecule has 3 atom stereocenters. The van der Waals surface area contributed by atoms with Crippen molar-refractivity contribution < 1.29 is 4.39 Å². The molecular formula is C17H24FN. The fourth-order valence-electron chi connectivity index (χ4n) is 4.44. The van der Waals surface area contributed by atoms with Gasteiger partial charge in [0, 0.05) is 11.7 Å². The topological polar surface area (TPSA) is 12.0 Å². The van der Waals surface area contributed by atoms with Crippen LogP contribution in [0.1, 0.15) is 45.6 Å². The summed E-state index contributed by atoms with van der Waals surface area (Å²) in [5, 5.41) is 3.61. The second kappa shape index (κ2) is 3.97. The zero-order chi connectivity index (χ0) is 13.8. The Morgan fingerprint density at radius 3 is 2.47 bits per heavy atom. The summed E-state index contributed by atoms with van der Waals surface area (Å²) >= 11 is 0. The van der Waals surface area contributed by atoms with Gasteiger partial charge in [0.05, 0.1) is 0 Å². The Morgan fingerprint density at radius 2 is 1.95 bits per heavy atom. The number of anilines is 1. The zero-order valence-corrected chi connectivity index (χ0v) is 12.4. The van der Waals surface area contributed by atoms with Crippen LogP contribution < -0.4 is 5.32 Å². The SMILES string of the molecule is Cc1cc(F)cc(NC2CC3CCC2(C)C3(C)C)c1. The van der Waals surface area contributed by atoms with Gasteiger partial charge in [-0.1, -0.05) is 20.8 Å². The number of fused-ring (bicyclic) bond motifs is 2. The van der Waals surface area contributed by atoms with Gasteiger partial charge in [0.2, 0.25) is 0 Å². The normalized spacial score (nSPS) is 35.6. The van der Waals surface area contributed by atoms with Crippen molar-refractivity contribution >= 4 is 5.69 Å². The fraction of sp³-hybridized carbons (Fsp3) is 0.647. The smallest absolute Gasteiger partial charge is 0.125 e. The quantitative estimate of drug-likeness (QED) is 0.809. The fourth-order valence-corrected chi connectivity index (χ4v) is 4.44. The molecule has 0 spiro atoms. The molecule has 2 aliphatic carbocycles. The highest BCUT2D eigenvalue weighted by atomic mass is 19.1. The Kier molecular flexibility index (Phi) is 2.71. The Labute approximate surface area is 115 Å². The summed E-state index contributed by atoms with van der Waals surface area (Å²) < 4.78 is 13.5. The molecule has 0 amide bonds. The van der Waals surface area contributed by atoms with Crippen LogP contribution in [-0.4, -0.2) is 6.04 Å². The Balaban J connectivity index is 1.86. The molecule has 2 heteroatoms. The van der Waals surface area contributed by atoms with E-state index in [-0.39, 0.29) is 5.82 Å². The monoisotopic (exact) mass is 261 g/mol. The summed E-state index contributed by atoms with van der Waals surface area (Å²) in [4.78, 5) is 0. The van der Waals surface area contributed by atoms with E-state index in [2.05, 4.69) is 26.1 Å². The van der Waals surface area contributed by atoms with Crippen LogP contribution in [0, 0.1) is 29.5 Å². The van der Waals surface area contributed by atoms with E-state index in [1.54, 1.807) is 12.1 Å². The van der Waals surface area contributed by atoms with E-state index in [1.807, 2.05) is 13.0 Å². The number of rotatable bonds is 2. The van der Waals surface area contributed by atoms with Crippen LogP contribution in [0.4, 0.5) is 10.1 Å². The Hall–Kier alpha value is -1.05. The van der Waals surface area contributed by atoms with Gasteiger partial charge in [0.1, 0.15) is 5.82 Å². The Bertz CT molecular complexity index is 488. The first-order chi connectivity index (χ1) is 8.83. The molecular weight excluding hydrogens is 237 g/mol. The van der Waals surface area contributed by atoms with Crippen molar-refractivity contribution in [2.75, 3.05) is 5.32 Å². The third kappa shape index (κ3) is 1.79. The van der Waals surface area contributed by atoms with E-state index >= 15 is 0 Å². The van der Waals surface area contributed by atoms with Crippen molar-refractivity contribution in [1.82, 2.24) is 0 Å². The molecule has 0 aromatic heterocycles. The summed E-state index contributed by atoms with van der Waals surface area (Å²) in [6, 6.07) is 5.72. The maximum atomic E-state index is 13.5. The van der Waals surface area contributed by atoms with E-state index in [9.17, 15) is 4.39 Å². The van der Waals surface area contributed by atoms with Gasteiger partial charge < -0.3 is 5.32 Å². The van der Waals surface area contributed by atoms with Gasteiger partial charge in [-0.25, -0.2) is 4.39 Å². The summed E-state index contributed by atoms with van der Waals surface area (Å²) in [6.45, 7) is 9.16. The highest BCUT2D eigenvalue weighted by molar-refractivity contribution is 5.48. The lowest BCUT2D eigenvalue weighted by Crippen LogP contribution is -2.40. The zero-order valence-electron chi connectivity index (χ0n) is 12.4. The largest absolute Gasteiger partial charge is 0.382 e. The second-order valence-corrected chi connectivity index (χ2v) is 7.32. The van der Waals surface area contributed by atoms with Gasteiger partial charge in [-0.3, -0.25) is 0 Å². The van der Waals surface area contributed by atoms with Crippen LogP contribution in [0.25, 0.3) is 0 Å². The van der Waals surface area contributed by atoms with Gasteiger partial charge in [-0.2, -0.15) is 0 Å². The molecule has 104 valence electrons. The first kappa shape index (κ1) is 13.0. The summed E-state index contributed by atoms with van der Waals surface area (Å²) in [5.74, 6) is 0.666. The van der Waals surface area contributed by atoms with Crippen molar-refractivity contribution in [1.29, 1.82) is 0 Å². The molecule has 0 heterocycles. The molecule has 1 nitrogen and oxygen atoms in total. The third-order valence-corrected chi connectivity index (χ3v) is 6.18. The third-order valence-electron chi connectivity index (χ3n) is 6.18. The summed E-state index contributed by atoms with van der Waals surface area (Å²) in [5.41, 5.74) is 2.65. The van der Waals surface area contributed by atoms with Crippen molar-refractivity contribution in [2.45, 2.75) is 53.0 Å². The molecule has 3 unspecified atom stereocenters. The molecule has 1 aromatic rings. The standard InChI is InChI=1S/C17H24FN/c1-11-7-13(18)10-14(8-11)19-15-9-12-5-6-17(15,4)16(12,2)3/h7-8,10,12,15,19H,5-6,9H2,1-4H3. The molecule has 2 fully saturated rings. The van der Waals surface area contributed by atoms with Gasteiger partial charge in [0.25, 0.3) is 0 Å². The molecule has 0 radical (unpaired) electrons. The first-order valence-electron chi connectivity index (χ1n) is 7.37. The van der Waals surface area contributed by atoms with E-state index in [0.29, 0.717) is 16.9 Å². The van der Waals surface area contributed by atoms with E-state index < -0.39 is 0 Å². The molecule has 0 aliphatic heterocycles. The average Bonchev–Trinajstić information content (AvgIpc) is 2.60. The van der Waals surface area contributed by atoms with Crippen LogP contribution in [0.5, 0.6) is 0 Å². The van der Waals surface area contributed by atoms with Crippen molar-refractivity contribution in [2.24, 2.45) is 16.7 Å². The second-order valence-electron chi connectivity index (χ2n) is 7.32. The van der Waals surface area contributed by atoms with E-state index in [1.165, 1.54) is 19.3 Å². The molecule has 1 aromatic carbocycles. The van der Waals surface area contributed by atoms with Gasteiger partial charge in [-0.15, -0.1) is 0 Å². The van der Waals surface area contributed by atoms with Crippen LogP contribution in [0.3, 0.4) is 0 Å². The van der Waals surface area contributed by atoms with Crippen LogP contribution in [-0.2, 0) is 0 Å². The van der Waals surface area contributed by atoms with E-state index in [0.717, 1.165) is 17.2 Å². The summed E-state index contributed by atoms with van der Waals surface area (Å²) in [6.07, 6.45) is 3.86. The minimum atomic E-state index is -0.143. The molecule has 2 bridgehead atoms. The van der Waals surface area contributed by atoms with Gasteiger partial charge in [-0.05, 0) is 66.7 Å². The molecule has 2 saturated carbocycles. The molecule has 0 saturated heterocycles. The molecule has 3 rings (SSSR count). The lowest BCUT2D eigenvalue weighted by Gasteiger charge is -2.40.